The molecule has 0 N–H and O–H groups in total. The maximum Gasteiger partial charge on any atom is 0.490 e. The molecule has 0 aromatic heterocycles. The number of benzene rings is 1. The highest BCUT2D eigenvalue weighted by atomic mass is 19.4. The van der Waals surface area contributed by atoms with Gasteiger partial charge in [-0.05, 0) is 24.3 Å². The maximum absolute atomic E-state index is 12.0. The minimum Gasteiger partial charge on any atom is -0.459 e. The van der Waals surface area contributed by atoms with Gasteiger partial charge in [0.15, 0.2) is 0 Å². The van der Waals surface area contributed by atoms with Gasteiger partial charge in [0.05, 0.1) is 6.61 Å². The van der Waals surface area contributed by atoms with Gasteiger partial charge >= 0.3 is 12.1 Å². The third-order valence-corrected chi connectivity index (χ3v) is 2.87. The summed E-state index contributed by atoms with van der Waals surface area (Å²) in [7, 11) is 1.56. The van der Waals surface area contributed by atoms with Crippen molar-refractivity contribution >= 4 is 5.97 Å². The van der Waals surface area contributed by atoms with Crippen molar-refractivity contribution in [1.82, 2.24) is 0 Å². The van der Waals surface area contributed by atoms with Gasteiger partial charge in [-0.3, -0.25) is 0 Å². The van der Waals surface area contributed by atoms with Gasteiger partial charge in [-0.2, -0.15) is 13.2 Å². The Labute approximate surface area is 115 Å². The van der Waals surface area contributed by atoms with Crippen LogP contribution in [0.4, 0.5) is 13.2 Å². The Morgan fingerprint density at radius 2 is 1.75 bits per heavy atom. The molecular weight excluding hydrogens is 273 g/mol. The molecule has 1 unspecified atom stereocenters. The predicted molar refractivity (Wildman–Crippen MR) is 67.3 cm³/mol. The van der Waals surface area contributed by atoms with E-state index < -0.39 is 12.1 Å². The molecule has 1 atom stereocenters. The highest BCUT2D eigenvalue weighted by molar-refractivity contribution is 5.75. The van der Waals surface area contributed by atoms with Crippen LogP contribution in [0, 0.1) is 0 Å². The normalized spacial score (nSPS) is 13.0. The molecule has 1 rings (SSSR count). The van der Waals surface area contributed by atoms with Crippen LogP contribution in [0.3, 0.4) is 0 Å². The van der Waals surface area contributed by atoms with E-state index in [9.17, 15) is 18.0 Å². The van der Waals surface area contributed by atoms with Gasteiger partial charge in [-0.25, -0.2) is 4.79 Å². The zero-order valence-corrected chi connectivity index (χ0v) is 11.2. The second-order valence-corrected chi connectivity index (χ2v) is 4.31. The first-order chi connectivity index (χ1) is 9.45. The Bertz CT molecular complexity index is 404. The molecule has 0 radical (unpaired) electrons. The molecule has 0 saturated carbocycles. The number of carbonyl (C=O) groups is 1. The molecule has 0 saturated heterocycles. The fourth-order valence-corrected chi connectivity index (χ4v) is 1.84. The lowest BCUT2D eigenvalue weighted by atomic mass is 9.93. The number of hydrogen-bond acceptors (Lipinski definition) is 3. The van der Waals surface area contributed by atoms with Crippen molar-refractivity contribution in [3.8, 4) is 0 Å². The molecule has 0 bridgehead atoms. The average Bonchev–Trinajstić information content (AvgIpc) is 2.42. The number of ether oxygens (including phenoxy) is 2. The topological polar surface area (TPSA) is 35.5 Å². The van der Waals surface area contributed by atoms with Gasteiger partial charge in [0.1, 0.15) is 0 Å². The van der Waals surface area contributed by atoms with E-state index in [2.05, 4.69) is 4.74 Å². The Morgan fingerprint density at radius 1 is 1.15 bits per heavy atom. The van der Waals surface area contributed by atoms with Crippen LogP contribution in [0.2, 0.25) is 0 Å². The minimum absolute atomic E-state index is 0.00261. The van der Waals surface area contributed by atoms with Crippen LogP contribution in [-0.4, -0.2) is 32.5 Å². The van der Waals surface area contributed by atoms with E-state index in [1.54, 1.807) is 7.11 Å². The number of methoxy groups -OCH3 is 1. The summed E-state index contributed by atoms with van der Waals surface area (Å²) < 4.78 is 45.2. The number of carbonyl (C=O) groups excluding carboxylic acids is 1. The number of alkyl halides is 3. The van der Waals surface area contributed by atoms with Crippen LogP contribution in [0.15, 0.2) is 30.3 Å². The molecule has 0 spiro atoms. The standard InChI is InChI=1S/C14H17F3O3/c1-19-9-7-12(11-5-3-2-4-6-11)8-10-20-13(18)14(15,16)17/h2-6,12H,7-10H2,1H3. The molecule has 112 valence electrons. The summed E-state index contributed by atoms with van der Waals surface area (Å²) >= 11 is 0. The second kappa shape index (κ2) is 7.89. The summed E-state index contributed by atoms with van der Waals surface area (Å²) in [5.41, 5.74) is 0.993. The smallest absolute Gasteiger partial charge is 0.459 e. The fourth-order valence-electron chi connectivity index (χ4n) is 1.84. The van der Waals surface area contributed by atoms with Crippen LogP contribution in [0.1, 0.15) is 24.3 Å². The summed E-state index contributed by atoms with van der Waals surface area (Å²) in [6, 6.07) is 9.37. The third-order valence-electron chi connectivity index (χ3n) is 2.87. The molecular formula is C14H17F3O3. The van der Waals surface area contributed by atoms with E-state index >= 15 is 0 Å². The van der Waals surface area contributed by atoms with Gasteiger partial charge in [-0.1, -0.05) is 30.3 Å². The molecule has 0 amide bonds. The van der Waals surface area contributed by atoms with E-state index in [0.717, 1.165) is 5.56 Å². The van der Waals surface area contributed by atoms with Crippen molar-refractivity contribution in [2.75, 3.05) is 20.3 Å². The number of rotatable bonds is 7. The van der Waals surface area contributed by atoms with Crippen molar-refractivity contribution < 1.29 is 27.4 Å². The summed E-state index contributed by atoms with van der Waals surface area (Å²) in [4.78, 5) is 10.6. The number of halogens is 3. The average molecular weight is 290 g/mol. The second-order valence-electron chi connectivity index (χ2n) is 4.31. The van der Waals surface area contributed by atoms with Crippen molar-refractivity contribution in [1.29, 1.82) is 0 Å². The fraction of sp³-hybridized carbons (Fsp3) is 0.500. The van der Waals surface area contributed by atoms with Crippen LogP contribution < -0.4 is 0 Å². The van der Waals surface area contributed by atoms with Crippen LogP contribution >= 0.6 is 0 Å². The Hall–Kier alpha value is -1.56. The molecule has 1 aromatic rings. The van der Waals surface area contributed by atoms with Crippen LogP contribution in [0.5, 0.6) is 0 Å². The van der Waals surface area contributed by atoms with Crippen LogP contribution in [-0.2, 0) is 14.3 Å². The van der Waals surface area contributed by atoms with Crippen molar-refractivity contribution in [3.05, 3.63) is 35.9 Å². The monoisotopic (exact) mass is 290 g/mol. The van der Waals surface area contributed by atoms with Crippen molar-refractivity contribution in [3.63, 3.8) is 0 Å². The van der Waals surface area contributed by atoms with Gasteiger partial charge in [0, 0.05) is 13.7 Å². The Balaban J connectivity index is 2.52. The molecule has 0 aliphatic heterocycles. The molecule has 20 heavy (non-hydrogen) atoms. The van der Waals surface area contributed by atoms with E-state index in [4.69, 9.17) is 4.74 Å². The number of hydrogen-bond donors (Lipinski definition) is 0. The first-order valence-corrected chi connectivity index (χ1v) is 6.23. The van der Waals surface area contributed by atoms with E-state index in [1.165, 1.54) is 0 Å². The van der Waals surface area contributed by atoms with Gasteiger partial charge in [0.25, 0.3) is 0 Å². The van der Waals surface area contributed by atoms with E-state index in [1.807, 2.05) is 30.3 Å². The van der Waals surface area contributed by atoms with Crippen LogP contribution in [0.25, 0.3) is 0 Å². The Kier molecular flexibility index (Phi) is 6.51. The maximum atomic E-state index is 12.0. The highest BCUT2D eigenvalue weighted by Gasteiger charge is 2.40. The lowest BCUT2D eigenvalue weighted by molar-refractivity contribution is -0.199. The quantitative estimate of drug-likeness (QED) is 0.723. The zero-order valence-electron chi connectivity index (χ0n) is 11.2. The molecule has 6 heteroatoms. The van der Waals surface area contributed by atoms with Gasteiger partial charge in [0.2, 0.25) is 0 Å². The largest absolute Gasteiger partial charge is 0.490 e. The summed E-state index contributed by atoms with van der Waals surface area (Å²) in [5.74, 6) is -2.15. The molecule has 0 aliphatic rings. The van der Waals surface area contributed by atoms with Gasteiger partial charge < -0.3 is 9.47 Å². The molecule has 0 aliphatic carbocycles. The lowest BCUT2D eigenvalue weighted by Crippen LogP contribution is -2.26. The van der Waals surface area contributed by atoms with E-state index in [0.29, 0.717) is 19.4 Å². The van der Waals surface area contributed by atoms with E-state index in [-0.39, 0.29) is 12.5 Å². The predicted octanol–water partition coefficient (Wildman–Crippen LogP) is 3.30. The molecule has 3 nitrogen and oxygen atoms in total. The molecule has 1 aromatic carbocycles. The van der Waals surface area contributed by atoms with Gasteiger partial charge in [-0.15, -0.1) is 0 Å². The van der Waals surface area contributed by atoms with Crippen molar-refractivity contribution in [2.24, 2.45) is 0 Å². The third kappa shape index (κ3) is 5.61. The lowest BCUT2D eigenvalue weighted by Gasteiger charge is -2.17. The summed E-state index contributed by atoms with van der Waals surface area (Å²) in [5, 5.41) is 0. The highest BCUT2D eigenvalue weighted by Crippen LogP contribution is 2.24. The summed E-state index contributed by atoms with van der Waals surface area (Å²) in [6.45, 7) is 0.231. The van der Waals surface area contributed by atoms with Crippen molar-refractivity contribution in [2.45, 2.75) is 24.9 Å². The molecule has 0 fully saturated rings. The first kappa shape index (κ1) is 16.5. The summed E-state index contributed by atoms with van der Waals surface area (Å²) in [6.07, 6.45) is -3.95. The molecule has 0 heterocycles. The zero-order chi connectivity index (χ0) is 15.0. The number of esters is 1. The minimum atomic E-state index is -4.94. The Morgan fingerprint density at radius 3 is 2.30 bits per heavy atom. The SMILES string of the molecule is COCCC(CCOC(=O)C(F)(F)F)c1ccccc1. The first-order valence-electron chi connectivity index (χ1n) is 6.23.